The average Bonchev–Trinajstić information content (AvgIpc) is 2.67. The normalized spacial score (nSPS) is 17.1. The first-order valence-corrected chi connectivity index (χ1v) is 9.07. The van der Waals surface area contributed by atoms with Crippen LogP contribution in [0.2, 0.25) is 0 Å². The van der Waals surface area contributed by atoms with Gasteiger partial charge in [-0.3, -0.25) is 4.90 Å². The van der Waals surface area contributed by atoms with Gasteiger partial charge in [0.2, 0.25) is 0 Å². The first-order valence-electron chi connectivity index (χ1n) is 9.07. The number of nitrogens with zero attached hydrogens (tertiary/aromatic N) is 1. The molecule has 128 valence electrons. The maximum atomic E-state index is 10.4. The lowest BCUT2D eigenvalue weighted by Gasteiger charge is -2.32. The van der Waals surface area contributed by atoms with Crippen LogP contribution in [0.3, 0.4) is 0 Å². The Hall–Kier alpha value is -1.68. The van der Waals surface area contributed by atoms with E-state index in [4.69, 9.17) is 0 Å². The van der Waals surface area contributed by atoms with Crippen molar-refractivity contribution in [2.45, 2.75) is 31.4 Å². The van der Waals surface area contributed by atoms with Crippen molar-refractivity contribution >= 4 is 0 Å². The molecule has 0 saturated carbocycles. The second-order valence-corrected chi connectivity index (χ2v) is 6.57. The summed E-state index contributed by atoms with van der Waals surface area (Å²) in [5.74, 6) is 0.405. The number of nitrogens with one attached hydrogen (secondary N) is 1. The Morgan fingerprint density at radius 3 is 1.92 bits per heavy atom. The number of benzene rings is 2. The molecule has 1 fully saturated rings. The summed E-state index contributed by atoms with van der Waals surface area (Å²) >= 11 is 0. The van der Waals surface area contributed by atoms with Crippen molar-refractivity contribution in [1.82, 2.24) is 10.2 Å². The standard InChI is InChI=1S/C21H28N2O/c24-21(23-16-14-22-15-17-23)13-7-12-20(18-8-3-1-4-9-18)19-10-5-2-6-11-19/h1-6,8-11,20-22,24H,7,12-17H2. The summed E-state index contributed by atoms with van der Waals surface area (Å²) in [4.78, 5) is 2.19. The molecule has 2 aromatic carbocycles. The van der Waals surface area contributed by atoms with E-state index in [9.17, 15) is 5.11 Å². The fourth-order valence-corrected chi connectivity index (χ4v) is 3.56. The van der Waals surface area contributed by atoms with Crippen LogP contribution in [-0.2, 0) is 0 Å². The highest BCUT2D eigenvalue weighted by Gasteiger charge is 2.19. The van der Waals surface area contributed by atoms with Gasteiger partial charge < -0.3 is 10.4 Å². The van der Waals surface area contributed by atoms with E-state index < -0.39 is 0 Å². The molecule has 0 bridgehead atoms. The van der Waals surface area contributed by atoms with Crippen molar-refractivity contribution in [2.75, 3.05) is 26.2 Å². The van der Waals surface area contributed by atoms with Crippen molar-refractivity contribution in [3.63, 3.8) is 0 Å². The molecule has 0 aliphatic carbocycles. The monoisotopic (exact) mass is 324 g/mol. The van der Waals surface area contributed by atoms with Crippen LogP contribution in [0.5, 0.6) is 0 Å². The Kier molecular flexibility index (Phi) is 6.41. The van der Waals surface area contributed by atoms with Crippen molar-refractivity contribution in [1.29, 1.82) is 0 Å². The number of rotatable bonds is 7. The van der Waals surface area contributed by atoms with E-state index in [0.717, 1.165) is 45.4 Å². The van der Waals surface area contributed by atoms with Crippen LogP contribution >= 0.6 is 0 Å². The highest BCUT2D eigenvalue weighted by molar-refractivity contribution is 5.32. The van der Waals surface area contributed by atoms with E-state index in [0.29, 0.717) is 5.92 Å². The molecule has 1 unspecified atom stereocenters. The molecule has 3 nitrogen and oxygen atoms in total. The van der Waals surface area contributed by atoms with Crippen LogP contribution < -0.4 is 5.32 Å². The van der Waals surface area contributed by atoms with E-state index in [1.165, 1.54) is 11.1 Å². The molecular weight excluding hydrogens is 296 g/mol. The second kappa shape index (κ2) is 8.97. The molecule has 0 aromatic heterocycles. The van der Waals surface area contributed by atoms with Crippen molar-refractivity contribution in [3.8, 4) is 0 Å². The van der Waals surface area contributed by atoms with Crippen molar-refractivity contribution in [2.24, 2.45) is 0 Å². The quantitative estimate of drug-likeness (QED) is 0.821. The summed E-state index contributed by atoms with van der Waals surface area (Å²) in [6.45, 7) is 3.85. The maximum Gasteiger partial charge on any atom is 0.107 e. The third-order valence-electron chi connectivity index (χ3n) is 4.93. The summed E-state index contributed by atoms with van der Waals surface area (Å²) in [7, 11) is 0. The van der Waals surface area contributed by atoms with E-state index in [-0.39, 0.29) is 6.23 Å². The molecule has 2 N–H and O–H groups in total. The molecule has 1 aliphatic rings. The summed E-state index contributed by atoms with van der Waals surface area (Å²) in [6.07, 6.45) is 2.63. The lowest BCUT2D eigenvalue weighted by Crippen LogP contribution is -2.48. The molecule has 3 heteroatoms. The first-order chi connectivity index (χ1) is 11.8. The zero-order valence-electron chi connectivity index (χ0n) is 14.3. The lowest BCUT2D eigenvalue weighted by atomic mass is 9.87. The van der Waals surface area contributed by atoms with Crippen molar-refractivity contribution in [3.05, 3.63) is 71.8 Å². The Balaban J connectivity index is 1.60. The molecule has 0 amide bonds. The van der Waals surface area contributed by atoms with Crippen LogP contribution in [0.15, 0.2) is 60.7 Å². The zero-order chi connectivity index (χ0) is 16.6. The smallest absolute Gasteiger partial charge is 0.107 e. The second-order valence-electron chi connectivity index (χ2n) is 6.57. The Bertz CT molecular complexity index is 542. The fourth-order valence-electron chi connectivity index (χ4n) is 3.56. The van der Waals surface area contributed by atoms with Gasteiger partial charge in [0.25, 0.3) is 0 Å². The Morgan fingerprint density at radius 2 is 1.38 bits per heavy atom. The van der Waals surface area contributed by atoms with E-state index in [1.807, 2.05) is 0 Å². The minimum atomic E-state index is -0.306. The van der Waals surface area contributed by atoms with Gasteiger partial charge in [-0.1, -0.05) is 60.7 Å². The van der Waals surface area contributed by atoms with Gasteiger partial charge in [-0.05, 0) is 30.4 Å². The molecule has 2 aromatic rings. The molecule has 0 radical (unpaired) electrons. The molecule has 1 aliphatic heterocycles. The molecule has 1 saturated heterocycles. The predicted octanol–water partition coefficient (Wildman–Crippen LogP) is 3.21. The minimum absolute atomic E-state index is 0.306. The number of piperazine rings is 1. The molecule has 0 spiro atoms. The average molecular weight is 324 g/mol. The number of aliphatic hydroxyl groups excluding tert-OH is 1. The van der Waals surface area contributed by atoms with Gasteiger partial charge in [-0.2, -0.15) is 0 Å². The predicted molar refractivity (Wildman–Crippen MR) is 99.0 cm³/mol. The molecule has 24 heavy (non-hydrogen) atoms. The van der Waals surface area contributed by atoms with Crippen LogP contribution in [0, 0.1) is 0 Å². The summed E-state index contributed by atoms with van der Waals surface area (Å²) in [5.41, 5.74) is 2.72. The topological polar surface area (TPSA) is 35.5 Å². The highest BCUT2D eigenvalue weighted by atomic mass is 16.3. The SMILES string of the molecule is OC(CCCC(c1ccccc1)c1ccccc1)N1CCNCC1. The molecule has 3 rings (SSSR count). The van der Waals surface area contributed by atoms with Gasteiger partial charge in [0, 0.05) is 32.1 Å². The first kappa shape index (κ1) is 17.2. The minimum Gasteiger partial charge on any atom is -0.378 e. The van der Waals surface area contributed by atoms with Crippen molar-refractivity contribution < 1.29 is 5.11 Å². The van der Waals surface area contributed by atoms with Gasteiger partial charge >= 0.3 is 0 Å². The molecular formula is C21H28N2O. The number of hydrogen-bond donors (Lipinski definition) is 2. The van der Waals surface area contributed by atoms with Crippen LogP contribution in [0.1, 0.15) is 36.3 Å². The Labute approximate surface area is 145 Å². The lowest BCUT2D eigenvalue weighted by molar-refractivity contribution is -0.0108. The summed E-state index contributed by atoms with van der Waals surface area (Å²) < 4.78 is 0. The van der Waals surface area contributed by atoms with Gasteiger partial charge in [0.05, 0.1) is 0 Å². The van der Waals surface area contributed by atoms with Gasteiger partial charge in [-0.15, -0.1) is 0 Å². The van der Waals surface area contributed by atoms with Crippen LogP contribution in [-0.4, -0.2) is 42.4 Å². The highest BCUT2D eigenvalue weighted by Crippen LogP contribution is 2.29. The summed E-state index contributed by atoms with van der Waals surface area (Å²) in [6, 6.07) is 21.4. The third-order valence-corrected chi connectivity index (χ3v) is 4.93. The third kappa shape index (κ3) is 4.67. The maximum absolute atomic E-state index is 10.4. The molecule has 1 heterocycles. The molecule has 1 atom stereocenters. The van der Waals surface area contributed by atoms with Gasteiger partial charge in [-0.25, -0.2) is 0 Å². The van der Waals surface area contributed by atoms with E-state index in [1.54, 1.807) is 0 Å². The van der Waals surface area contributed by atoms with E-state index in [2.05, 4.69) is 70.9 Å². The fraction of sp³-hybridized carbons (Fsp3) is 0.429. The largest absolute Gasteiger partial charge is 0.378 e. The van der Waals surface area contributed by atoms with Crippen LogP contribution in [0.4, 0.5) is 0 Å². The van der Waals surface area contributed by atoms with Gasteiger partial charge in [0.15, 0.2) is 0 Å². The van der Waals surface area contributed by atoms with Crippen LogP contribution in [0.25, 0.3) is 0 Å². The number of aliphatic hydroxyl groups is 1. The summed E-state index contributed by atoms with van der Waals surface area (Å²) in [5, 5.41) is 13.8. The number of hydrogen-bond acceptors (Lipinski definition) is 3. The Morgan fingerprint density at radius 1 is 0.833 bits per heavy atom. The van der Waals surface area contributed by atoms with E-state index >= 15 is 0 Å². The zero-order valence-corrected chi connectivity index (χ0v) is 14.3. The van der Waals surface area contributed by atoms with Gasteiger partial charge in [0.1, 0.15) is 6.23 Å².